The quantitative estimate of drug-likeness (QED) is 0.898. The molecule has 3 nitrogen and oxygen atoms in total. The average Bonchev–Trinajstić information content (AvgIpc) is 2.37. The summed E-state index contributed by atoms with van der Waals surface area (Å²) < 4.78 is 24.3. The van der Waals surface area contributed by atoms with Crippen LogP contribution in [0.25, 0.3) is 0 Å². The van der Waals surface area contributed by atoms with E-state index >= 15 is 0 Å². The van der Waals surface area contributed by atoms with Crippen molar-refractivity contribution in [2.24, 2.45) is 5.92 Å². The van der Waals surface area contributed by atoms with Crippen LogP contribution in [0.4, 0.5) is 0 Å². The van der Waals surface area contributed by atoms with Crippen molar-refractivity contribution in [3.05, 3.63) is 33.8 Å². The molecule has 0 radical (unpaired) electrons. The van der Waals surface area contributed by atoms with Gasteiger partial charge in [0.2, 0.25) is 0 Å². The molecule has 1 aromatic rings. The van der Waals surface area contributed by atoms with E-state index in [0.29, 0.717) is 6.42 Å². The van der Waals surface area contributed by atoms with Gasteiger partial charge in [-0.3, -0.25) is 0 Å². The summed E-state index contributed by atoms with van der Waals surface area (Å²) in [5.41, 5.74) is 1.99. The Balaban J connectivity index is 2.18. The number of sulfone groups is 1. The fraction of sp³-hybridized carbons (Fsp3) is 0.600. The summed E-state index contributed by atoms with van der Waals surface area (Å²) in [7, 11) is -3.01. The van der Waals surface area contributed by atoms with Gasteiger partial charge in [0.05, 0.1) is 11.4 Å². The molecule has 0 aromatic heterocycles. The third-order valence-corrected chi connectivity index (χ3v) is 6.52. The minimum atomic E-state index is -3.01. The second-order valence-electron chi connectivity index (χ2n) is 5.85. The molecule has 1 aromatic carbocycles. The summed E-state index contributed by atoms with van der Waals surface area (Å²) in [6, 6.07) is 5.88. The largest absolute Gasteiger partial charge is 0.388 e. The number of rotatable bonds is 3. The fourth-order valence-electron chi connectivity index (χ4n) is 2.98. The molecular weight excluding hydrogens is 340 g/mol. The maximum atomic E-state index is 11.7. The molecular formula is C15H21BrO3S. The first-order valence-corrected chi connectivity index (χ1v) is 9.67. The SMILES string of the molecule is Cc1ccc(C(O)C2CCCC(S(C)(=O)=O)C2)c(Br)c1. The van der Waals surface area contributed by atoms with Crippen LogP contribution in [0.3, 0.4) is 0 Å². The summed E-state index contributed by atoms with van der Waals surface area (Å²) in [6.07, 6.45) is 3.72. The molecule has 0 aliphatic heterocycles. The van der Waals surface area contributed by atoms with E-state index in [0.717, 1.165) is 34.9 Å². The van der Waals surface area contributed by atoms with Crippen LogP contribution >= 0.6 is 15.9 Å². The van der Waals surface area contributed by atoms with E-state index in [-0.39, 0.29) is 11.2 Å². The highest BCUT2D eigenvalue weighted by Gasteiger charge is 2.33. The van der Waals surface area contributed by atoms with Gasteiger partial charge in [0.1, 0.15) is 9.84 Å². The maximum absolute atomic E-state index is 11.7. The van der Waals surface area contributed by atoms with Crippen molar-refractivity contribution in [1.29, 1.82) is 0 Å². The van der Waals surface area contributed by atoms with Gasteiger partial charge < -0.3 is 5.11 Å². The second kappa shape index (κ2) is 6.16. The van der Waals surface area contributed by atoms with E-state index in [4.69, 9.17) is 0 Å². The van der Waals surface area contributed by atoms with Crippen LogP contribution in [-0.4, -0.2) is 25.0 Å². The Morgan fingerprint density at radius 3 is 2.65 bits per heavy atom. The van der Waals surface area contributed by atoms with Crippen molar-refractivity contribution in [1.82, 2.24) is 0 Å². The Morgan fingerprint density at radius 1 is 1.35 bits per heavy atom. The number of benzene rings is 1. The molecule has 0 amide bonds. The monoisotopic (exact) mass is 360 g/mol. The minimum absolute atomic E-state index is 0.0162. The van der Waals surface area contributed by atoms with Crippen LogP contribution in [0.2, 0.25) is 0 Å². The zero-order valence-electron chi connectivity index (χ0n) is 11.8. The predicted molar refractivity (Wildman–Crippen MR) is 84.4 cm³/mol. The molecule has 0 heterocycles. The number of hydrogen-bond donors (Lipinski definition) is 1. The molecule has 1 aliphatic carbocycles. The van der Waals surface area contributed by atoms with Gasteiger partial charge in [-0.1, -0.05) is 34.5 Å². The lowest BCUT2D eigenvalue weighted by molar-refractivity contribution is 0.0851. The first-order chi connectivity index (χ1) is 9.29. The standard InChI is InChI=1S/C15H21BrO3S/c1-10-6-7-13(14(16)8-10)15(17)11-4-3-5-12(9-11)20(2,18)19/h6-8,11-12,15,17H,3-5,9H2,1-2H3. The molecule has 1 fully saturated rings. The third kappa shape index (κ3) is 3.62. The van der Waals surface area contributed by atoms with Crippen LogP contribution in [-0.2, 0) is 9.84 Å². The molecule has 0 spiro atoms. The molecule has 3 unspecified atom stereocenters. The maximum Gasteiger partial charge on any atom is 0.150 e. The van der Waals surface area contributed by atoms with Gasteiger partial charge in [-0.2, -0.15) is 0 Å². The third-order valence-electron chi connectivity index (χ3n) is 4.19. The zero-order chi connectivity index (χ0) is 14.9. The van der Waals surface area contributed by atoms with E-state index in [9.17, 15) is 13.5 Å². The average molecular weight is 361 g/mol. The van der Waals surface area contributed by atoms with Crippen molar-refractivity contribution >= 4 is 25.8 Å². The second-order valence-corrected chi connectivity index (χ2v) is 9.03. The lowest BCUT2D eigenvalue weighted by Gasteiger charge is -2.31. The van der Waals surface area contributed by atoms with Crippen LogP contribution in [0.5, 0.6) is 0 Å². The van der Waals surface area contributed by atoms with Crippen molar-refractivity contribution < 1.29 is 13.5 Å². The zero-order valence-corrected chi connectivity index (χ0v) is 14.2. The van der Waals surface area contributed by atoms with Crippen LogP contribution in [0.1, 0.15) is 42.9 Å². The van der Waals surface area contributed by atoms with Crippen LogP contribution in [0.15, 0.2) is 22.7 Å². The highest BCUT2D eigenvalue weighted by atomic mass is 79.9. The van der Waals surface area contributed by atoms with Gasteiger partial charge in [0, 0.05) is 10.7 Å². The summed E-state index contributed by atoms with van der Waals surface area (Å²) in [6.45, 7) is 2.00. The predicted octanol–water partition coefficient (Wildman–Crippen LogP) is 3.39. The van der Waals surface area contributed by atoms with Gasteiger partial charge in [-0.15, -0.1) is 0 Å². The molecule has 1 saturated carbocycles. The normalized spacial score (nSPS) is 25.4. The highest BCUT2D eigenvalue weighted by Crippen LogP contribution is 2.39. The highest BCUT2D eigenvalue weighted by molar-refractivity contribution is 9.10. The Hall–Kier alpha value is -0.390. The number of aliphatic hydroxyl groups excluding tert-OH is 1. The Bertz CT molecular complexity index is 583. The smallest absolute Gasteiger partial charge is 0.150 e. The van der Waals surface area contributed by atoms with Gasteiger partial charge >= 0.3 is 0 Å². The van der Waals surface area contributed by atoms with Gasteiger partial charge in [-0.05, 0) is 49.3 Å². The Labute approximate surface area is 129 Å². The van der Waals surface area contributed by atoms with E-state index in [1.165, 1.54) is 6.26 Å². The molecule has 2 rings (SSSR count). The molecule has 0 saturated heterocycles. The lowest BCUT2D eigenvalue weighted by Crippen LogP contribution is -2.30. The van der Waals surface area contributed by atoms with Crippen molar-refractivity contribution in [3.63, 3.8) is 0 Å². The summed E-state index contributed by atoms with van der Waals surface area (Å²) in [4.78, 5) is 0. The van der Waals surface area contributed by atoms with Crippen molar-refractivity contribution in [2.45, 2.75) is 44.0 Å². The van der Waals surface area contributed by atoms with Gasteiger partial charge in [0.15, 0.2) is 0 Å². The number of halogens is 1. The van der Waals surface area contributed by atoms with Gasteiger partial charge in [0.25, 0.3) is 0 Å². The molecule has 1 N–H and O–H groups in total. The first-order valence-electron chi connectivity index (χ1n) is 6.92. The van der Waals surface area contributed by atoms with Crippen LogP contribution in [0, 0.1) is 12.8 Å². The van der Waals surface area contributed by atoms with Crippen LogP contribution < -0.4 is 0 Å². The molecule has 1 aliphatic rings. The molecule has 112 valence electrons. The minimum Gasteiger partial charge on any atom is -0.388 e. The number of aliphatic hydroxyl groups is 1. The van der Waals surface area contributed by atoms with E-state index in [1.54, 1.807) is 0 Å². The Morgan fingerprint density at radius 2 is 2.05 bits per heavy atom. The molecule has 0 bridgehead atoms. The summed E-state index contributed by atoms with van der Waals surface area (Å²) in [5, 5.41) is 10.3. The number of aryl methyl sites for hydroxylation is 1. The van der Waals surface area contributed by atoms with Crippen molar-refractivity contribution in [2.75, 3.05) is 6.26 Å². The summed E-state index contributed by atoms with van der Waals surface area (Å²) >= 11 is 3.49. The first kappa shape index (κ1) is 16.0. The molecule has 3 atom stereocenters. The van der Waals surface area contributed by atoms with Crippen molar-refractivity contribution in [3.8, 4) is 0 Å². The topological polar surface area (TPSA) is 54.4 Å². The van der Waals surface area contributed by atoms with E-state index < -0.39 is 15.9 Å². The van der Waals surface area contributed by atoms with E-state index in [2.05, 4.69) is 15.9 Å². The van der Waals surface area contributed by atoms with E-state index in [1.807, 2.05) is 25.1 Å². The summed E-state index contributed by atoms with van der Waals surface area (Å²) in [5.74, 6) is 0.0162. The number of hydrogen-bond acceptors (Lipinski definition) is 3. The lowest BCUT2D eigenvalue weighted by atomic mass is 9.82. The molecule has 5 heteroatoms. The van der Waals surface area contributed by atoms with Gasteiger partial charge in [-0.25, -0.2) is 8.42 Å². The Kier molecular flexibility index (Phi) is 4.92. The molecule has 20 heavy (non-hydrogen) atoms. The fourth-order valence-corrected chi connectivity index (χ4v) is 4.90.